The number of carbonyl (C=O) groups is 1. The number of aromatic nitrogens is 1. The van der Waals surface area contributed by atoms with Crippen LogP contribution in [0, 0.1) is 0 Å². The summed E-state index contributed by atoms with van der Waals surface area (Å²) >= 11 is 0. The van der Waals surface area contributed by atoms with Gasteiger partial charge in [-0.1, -0.05) is 11.6 Å². The normalized spacial score (nSPS) is 19.7. The smallest absolute Gasteiger partial charge is 0.229 e. The highest BCUT2D eigenvalue weighted by Crippen LogP contribution is 2.43. The maximum Gasteiger partial charge on any atom is 0.229 e. The van der Waals surface area contributed by atoms with Gasteiger partial charge >= 0.3 is 0 Å². The van der Waals surface area contributed by atoms with Crippen molar-refractivity contribution in [2.45, 2.75) is 25.9 Å². The fourth-order valence-corrected chi connectivity index (χ4v) is 2.89. The molecular formula is C18H19NO4. The predicted octanol–water partition coefficient (Wildman–Crippen LogP) is 3.63. The monoisotopic (exact) mass is 313 g/mol. The van der Waals surface area contributed by atoms with Crippen LogP contribution in [0.1, 0.15) is 31.5 Å². The number of hydrogen-bond acceptors (Lipinski definition) is 5. The lowest BCUT2D eigenvalue weighted by Gasteiger charge is -2.32. The average Bonchev–Trinajstić information content (AvgIpc) is 3.00. The molecule has 2 aromatic rings. The van der Waals surface area contributed by atoms with E-state index in [2.05, 4.69) is 4.98 Å². The van der Waals surface area contributed by atoms with Crippen molar-refractivity contribution in [1.82, 2.24) is 4.98 Å². The lowest BCUT2D eigenvalue weighted by Crippen LogP contribution is -2.40. The van der Waals surface area contributed by atoms with Crippen LogP contribution in [-0.2, 0) is 15.1 Å². The second-order valence-electron chi connectivity index (χ2n) is 5.76. The molecule has 0 spiro atoms. The van der Waals surface area contributed by atoms with Gasteiger partial charge in [0.05, 0.1) is 24.5 Å². The van der Waals surface area contributed by atoms with E-state index in [1.54, 1.807) is 25.5 Å². The second kappa shape index (κ2) is 5.66. The van der Waals surface area contributed by atoms with Gasteiger partial charge in [-0.3, -0.25) is 4.79 Å². The van der Waals surface area contributed by atoms with Crippen molar-refractivity contribution in [3.05, 3.63) is 41.3 Å². The van der Waals surface area contributed by atoms with Crippen LogP contribution >= 0.6 is 0 Å². The third kappa shape index (κ3) is 2.28. The first-order chi connectivity index (χ1) is 11.0. The third-order valence-electron chi connectivity index (χ3n) is 4.13. The Balaban J connectivity index is 2.31. The molecule has 0 saturated heterocycles. The first-order valence-corrected chi connectivity index (χ1v) is 7.40. The zero-order valence-corrected chi connectivity index (χ0v) is 13.7. The Morgan fingerprint density at radius 2 is 2.13 bits per heavy atom. The maximum atomic E-state index is 12.6. The van der Waals surface area contributed by atoms with Crippen LogP contribution in [0.15, 0.2) is 34.5 Å². The molecule has 5 heteroatoms. The van der Waals surface area contributed by atoms with Gasteiger partial charge in [-0.2, -0.15) is 0 Å². The molecule has 0 amide bonds. The highest BCUT2D eigenvalue weighted by molar-refractivity contribution is 6.05. The number of carbonyl (C=O) groups excluding carboxylic acids is 1. The standard InChI is InChI=1S/C18H19NO4/c1-11(2)7-9-18(22-4)14(20)6-5-12-15(21-3)13-8-10-23-17(13)19-16(12)18/h5-8,10H,9H2,1-4H3/t18-/m1/s1. The molecular weight excluding hydrogens is 294 g/mol. The molecule has 0 fully saturated rings. The fraction of sp³-hybridized carbons (Fsp3) is 0.333. The van der Waals surface area contributed by atoms with E-state index < -0.39 is 5.60 Å². The van der Waals surface area contributed by atoms with Crippen molar-refractivity contribution in [3.63, 3.8) is 0 Å². The van der Waals surface area contributed by atoms with Gasteiger partial charge in [0.1, 0.15) is 5.75 Å². The van der Waals surface area contributed by atoms with Crippen LogP contribution in [0.4, 0.5) is 0 Å². The van der Waals surface area contributed by atoms with Gasteiger partial charge in [-0.05, 0) is 32.1 Å². The first-order valence-electron chi connectivity index (χ1n) is 7.40. The highest BCUT2D eigenvalue weighted by atomic mass is 16.5. The summed E-state index contributed by atoms with van der Waals surface area (Å²) in [6.45, 7) is 3.97. The summed E-state index contributed by atoms with van der Waals surface area (Å²) in [5.74, 6) is 0.506. The van der Waals surface area contributed by atoms with Crippen LogP contribution < -0.4 is 4.74 Å². The Morgan fingerprint density at radius 1 is 1.35 bits per heavy atom. The van der Waals surface area contributed by atoms with Crippen LogP contribution in [0.2, 0.25) is 0 Å². The number of nitrogens with zero attached hydrogens (tertiary/aromatic N) is 1. The minimum absolute atomic E-state index is 0.134. The molecule has 5 nitrogen and oxygen atoms in total. The van der Waals surface area contributed by atoms with Gasteiger partial charge in [0.15, 0.2) is 11.4 Å². The van der Waals surface area contributed by atoms with E-state index in [9.17, 15) is 4.79 Å². The molecule has 0 saturated carbocycles. The number of hydrogen-bond donors (Lipinski definition) is 0. The van der Waals surface area contributed by atoms with Crippen LogP contribution in [0.5, 0.6) is 5.75 Å². The summed E-state index contributed by atoms with van der Waals surface area (Å²) in [4.78, 5) is 17.2. The molecule has 3 rings (SSSR count). The van der Waals surface area contributed by atoms with Gasteiger partial charge in [-0.15, -0.1) is 0 Å². The molecule has 1 aliphatic carbocycles. The van der Waals surface area contributed by atoms with E-state index in [1.807, 2.05) is 19.9 Å². The largest absolute Gasteiger partial charge is 0.495 e. The Labute approximate surface area is 134 Å². The van der Waals surface area contributed by atoms with Crippen molar-refractivity contribution in [1.29, 1.82) is 0 Å². The van der Waals surface area contributed by atoms with Crippen molar-refractivity contribution in [2.24, 2.45) is 0 Å². The molecule has 120 valence electrons. The second-order valence-corrected chi connectivity index (χ2v) is 5.76. The van der Waals surface area contributed by atoms with E-state index >= 15 is 0 Å². The number of ether oxygens (including phenoxy) is 2. The van der Waals surface area contributed by atoms with Crippen LogP contribution in [-0.4, -0.2) is 25.0 Å². The Hall–Kier alpha value is -2.40. The predicted molar refractivity (Wildman–Crippen MR) is 87.3 cm³/mol. The minimum atomic E-state index is -1.16. The van der Waals surface area contributed by atoms with E-state index in [0.29, 0.717) is 23.6 Å². The number of furan rings is 1. The van der Waals surface area contributed by atoms with Crippen molar-refractivity contribution in [2.75, 3.05) is 14.2 Å². The summed E-state index contributed by atoms with van der Waals surface area (Å²) in [6.07, 6.45) is 7.20. The zero-order chi connectivity index (χ0) is 16.6. The minimum Gasteiger partial charge on any atom is -0.495 e. The number of fused-ring (bicyclic) bond motifs is 2. The summed E-state index contributed by atoms with van der Waals surface area (Å²) in [5.41, 5.74) is 1.67. The number of pyridine rings is 1. The number of allylic oxidation sites excluding steroid dienone is 1. The number of methoxy groups -OCH3 is 2. The summed E-state index contributed by atoms with van der Waals surface area (Å²) in [7, 11) is 3.12. The van der Waals surface area contributed by atoms with Gasteiger partial charge in [0.2, 0.25) is 5.71 Å². The topological polar surface area (TPSA) is 61.6 Å². The molecule has 0 N–H and O–H groups in total. The molecule has 0 bridgehead atoms. The molecule has 0 aliphatic heterocycles. The molecule has 1 aliphatic rings. The molecule has 2 heterocycles. The average molecular weight is 313 g/mol. The van der Waals surface area contributed by atoms with Gasteiger partial charge < -0.3 is 13.9 Å². The van der Waals surface area contributed by atoms with E-state index in [1.165, 1.54) is 13.2 Å². The zero-order valence-electron chi connectivity index (χ0n) is 13.7. The Morgan fingerprint density at radius 3 is 2.78 bits per heavy atom. The Kier molecular flexibility index (Phi) is 3.82. The Bertz CT molecular complexity index is 827. The summed E-state index contributed by atoms with van der Waals surface area (Å²) < 4.78 is 16.7. The molecule has 0 aromatic carbocycles. The number of rotatable bonds is 4. The van der Waals surface area contributed by atoms with Crippen molar-refractivity contribution >= 4 is 23.0 Å². The van der Waals surface area contributed by atoms with E-state index in [4.69, 9.17) is 13.9 Å². The van der Waals surface area contributed by atoms with Crippen molar-refractivity contribution in [3.8, 4) is 5.75 Å². The number of ketones is 1. The van der Waals surface area contributed by atoms with Gasteiger partial charge in [0, 0.05) is 19.1 Å². The lowest BCUT2D eigenvalue weighted by molar-refractivity contribution is -0.137. The molecule has 2 aromatic heterocycles. The van der Waals surface area contributed by atoms with Crippen LogP contribution in [0.3, 0.4) is 0 Å². The molecule has 0 unspecified atom stereocenters. The fourth-order valence-electron chi connectivity index (χ4n) is 2.89. The molecule has 1 atom stereocenters. The first kappa shape index (κ1) is 15.5. The van der Waals surface area contributed by atoms with Crippen molar-refractivity contribution < 1.29 is 18.7 Å². The van der Waals surface area contributed by atoms with E-state index in [-0.39, 0.29) is 5.78 Å². The lowest BCUT2D eigenvalue weighted by atomic mass is 9.82. The van der Waals surface area contributed by atoms with Gasteiger partial charge in [0.25, 0.3) is 0 Å². The SMILES string of the molecule is COc1c2c(nc3occc13)[C@](CC=C(C)C)(OC)C(=O)C=C2. The van der Waals surface area contributed by atoms with Crippen LogP contribution in [0.25, 0.3) is 17.2 Å². The maximum absolute atomic E-state index is 12.6. The summed E-state index contributed by atoms with van der Waals surface area (Å²) in [5, 5.41) is 0.775. The summed E-state index contributed by atoms with van der Waals surface area (Å²) in [6, 6.07) is 1.80. The molecule has 0 radical (unpaired) electrons. The molecule has 23 heavy (non-hydrogen) atoms. The quantitative estimate of drug-likeness (QED) is 0.807. The third-order valence-corrected chi connectivity index (χ3v) is 4.13. The van der Waals surface area contributed by atoms with E-state index in [0.717, 1.165) is 16.5 Å². The highest BCUT2D eigenvalue weighted by Gasteiger charge is 2.44. The van der Waals surface area contributed by atoms with Gasteiger partial charge in [-0.25, -0.2) is 4.98 Å².